The number of carbonyl (C=O) groups excluding carboxylic acids is 1. The highest BCUT2D eigenvalue weighted by atomic mass is 19.4. The Morgan fingerprint density at radius 1 is 1.04 bits per heavy atom. The highest BCUT2D eigenvalue weighted by molar-refractivity contribution is 5.95. The normalized spacial score (nSPS) is 16.7. The van der Waals surface area contributed by atoms with Crippen molar-refractivity contribution in [1.29, 1.82) is 0 Å². The minimum Gasteiger partial charge on any atom is -0.379 e. The number of amides is 1. The Hall–Kier alpha value is -2.38. The Balaban J connectivity index is 1.77. The van der Waals surface area contributed by atoms with Crippen LogP contribution in [0.3, 0.4) is 0 Å². The second-order valence-electron chi connectivity index (χ2n) is 6.33. The molecule has 1 aliphatic heterocycles. The van der Waals surface area contributed by atoms with Gasteiger partial charge < -0.3 is 10.1 Å². The summed E-state index contributed by atoms with van der Waals surface area (Å²) < 4.78 is 44.9. The molecular formula is C20H21F3N2O2. The van der Waals surface area contributed by atoms with Crippen LogP contribution in [0.25, 0.3) is 0 Å². The number of nitrogens with zero attached hydrogens (tertiary/aromatic N) is 1. The number of ether oxygens (including phenoxy) is 1. The highest BCUT2D eigenvalue weighted by Crippen LogP contribution is 2.32. The van der Waals surface area contributed by atoms with Crippen LogP contribution in [-0.2, 0) is 10.9 Å². The third-order valence-electron chi connectivity index (χ3n) is 4.60. The van der Waals surface area contributed by atoms with E-state index in [4.69, 9.17) is 4.74 Å². The van der Waals surface area contributed by atoms with Gasteiger partial charge in [-0.2, -0.15) is 13.2 Å². The number of rotatable bonds is 5. The molecule has 1 unspecified atom stereocenters. The molecule has 0 saturated carbocycles. The van der Waals surface area contributed by atoms with E-state index >= 15 is 0 Å². The van der Waals surface area contributed by atoms with Crippen molar-refractivity contribution in [2.24, 2.45) is 0 Å². The summed E-state index contributed by atoms with van der Waals surface area (Å²) in [6, 6.07) is 14.3. The maximum absolute atomic E-state index is 13.2. The van der Waals surface area contributed by atoms with E-state index in [1.54, 1.807) is 0 Å². The van der Waals surface area contributed by atoms with Gasteiger partial charge in [0.15, 0.2) is 0 Å². The lowest BCUT2D eigenvalue weighted by atomic mass is 10.0. The highest BCUT2D eigenvalue weighted by Gasteiger charge is 2.35. The van der Waals surface area contributed by atoms with E-state index in [-0.39, 0.29) is 18.2 Å². The molecule has 0 aliphatic carbocycles. The van der Waals surface area contributed by atoms with Crippen LogP contribution in [0.1, 0.15) is 27.5 Å². The van der Waals surface area contributed by atoms with Gasteiger partial charge in [0.2, 0.25) is 0 Å². The zero-order valence-corrected chi connectivity index (χ0v) is 14.7. The second-order valence-corrected chi connectivity index (χ2v) is 6.33. The van der Waals surface area contributed by atoms with E-state index in [1.807, 2.05) is 30.3 Å². The molecule has 1 saturated heterocycles. The minimum atomic E-state index is -4.57. The molecule has 27 heavy (non-hydrogen) atoms. The number of halogens is 3. The Bertz CT molecular complexity index is 759. The smallest absolute Gasteiger partial charge is 0.379 e. The van der Waals surface area contributed by atoms with E-state index in [9.17, 15) is 18.0 Å². The summed E-state index contributed by atoms with van der Waals surface area (Å²) in [5.74, 6) is -0.725. The van der Waals surface area contributed by atoms with Crippen LogP contribution in [0.4, 0.5) is 13.2 Å². The summed E-state index contributed by atoms with van der Waals surface area (Å²) in [5.41, 5.74) is -0.285. The predicted octanol–water partition coefficient (Wildman–Crippen LogP) is 3.51. The molecule has 1 aliphatic rings. The SMILES string of the molecule is O=C(NCC(c1ccccc1)N1CCOCC1)c1ccccc1C(F)(F)F. The minimum absolute atomic E-state index is 0.128. The van der Waals surface area contributed by atoms with Gasteiger partial charge in [0.25, 0.3) is 5.91 Å². The molecule has 1 fully saturated rings. The fourth-order valence-corrected chi connectivity index (χ4v) is 3.24. The standard InChI is InChI=1S/C20H21F3N2O2/c21-20(22,23)17-9-5-4-8-16(17)19(26)24-14-18(15-6-2-1-3-7-15)25-10-12-27-13-11-25/h1-9,18H,10-14H2,(H,24,26). The molecule has 7 heteroatoms. The summed E-state index contributed by atoms with van der Waals surface area (Å²) in [6.45, 7) is 2.81. The number of hydrogen-bond donors (Lipinski definition) is 1. The van der Waals surface area contributed by atoms with Crippen LogP contribution in [-0.4, -0.2) is 43.7 Å². The summed E-state index contributed by atoms with van der Waals surface area (Å²) in [7, 11) is 0. The molecule has 0 spiro atoms. The Labute approximate surface area is 155 Å². The lowest BCUT2D eigenvalue weighted by Gasteiger charge is -2.35. The van der Waals surface area contributed by atoms with E-state index in [0.29, 0.717) is 26.3 Å². The number of benzene rings is 2. The maximum Gasteiger partial charge on any atom is 0.417 e. The zero-order chi connectivity index (χ0) is 19.3. The second kappa shape index (κ2) is 8.54. The number of alkyl halides is 3. The molecule has 2 aromatic carbocycles. The molecule has 0 aromatic heterocycles. The fraction of sp³-hybridized carbons (Fsp3) is 0.350. The van der Waals surface area contributed by atoms with Crippen LogP contribution < -0.4 is 5.32 Å². The predicted molar refractivity (Wildman–Crippen MR) is 95.4 cm³/mol. The first-order chi connectivity index (χ1) is 13.0. The molecule has 1 N–H and O–H groups in total. The molecule has 1 atom stereocenters. The van der Waals surface area contributed by atoms with Crippen molar-refractivity contribution in [3.63, 3.8) is 0 Å². The summed E-state index contributed by atoms with van der Waals surface area (Å²) in [5, 5.41) is 2.69. The molecular weight excluding hydrogens is 357 g/mol. The first kappa shape index (κ1) is 19.4. The van der Waals surface area contributed by atoms with Gasteiger partial charge in [-0.15, -0.1) is 0 Å². The molecule has 0 radical (unpaired) electrons. The van der Waals surface area contributed by atoms with Crippen LogP contribution >= 0.6 is 0 Å². The van der Waals surface area contributed by atoms with Crippen LogP contribution in [0.2, 0.25) is 0 Å². The summed E-state index contributed by atoms with van der Waals surface area (Å²) >= 11 is 0. The van der Waals surface area contributed by atoms with Crippen molar-refractivity contribution in [3.05, 3.63) is 71.3 Å². The molecule has 3 rings (SSSR count). The van der Waals surface area contributed by atoms with E-state index in [2.05, 4.69) is 10.2 Å². The lowest BCUT2D eigenvalue weighted by Crippen LogP contribution is -2.44. The molecule has 144 valence electrons. The summed E-state index contributed by atoms with van der Waals surface area (Å²) in [4.78, 5) is 14.7. The zero-order valence-electron chi connectivity index (χ0n) is 14.7. The van der Waals surface area contributed by atoms with Crippen molar-refractivity contribution in [1.82, 2.24) is 10.2 Å². The van der Waals surface area contributed by atoms with Gasteiger partial charge in [-0.25, -0.2) is 0 Å². The molecule has 2 aromatic rings. The fourth-order valence-electron chi connectivity index (χ4n) is 3.24. The topological polar surface area (TPSA) is 41.6 Å². The molecule has 1 amide bonds. The average molecular weight is 378 g/mol. The molecule has 4 nitrogen and oxygen atoms in total. The largest absolute Gasteiger partial charge is 0.417 e. The van der Waals surface area contributed by atoms with Gasteiger partial charge >= 0.3 is 6.18 Å². The van der Waals surface area contributed by atoms with Crippen molar-refractivity contribution < 1.29 is 22.7 Å². The number of morpholine rings is 1. The average Bonchev–Trinajstić information content (AvgIpc) is 2.69. The third-order valence-corrected chi connectivity index (χ3v) is 4.60. The Kier molecular flexibility index (Phi) is 6.13. The van der Waals surface area contributed by atoms with Crippen LogP contribution in [0, 0.1) is 0 Å². The Morgan fingerprint density at radius 2 is 1.67 bits per heavy atom. The van der Waals surface area contributed by atoms with Crippen molar-refractivity contribution >= 4 is 5.91 Å². The number of carbonyl (C=O) groups is 1. The van der Waals surface area contributed by atoms with Gasteiger partial charge in [-0.05, 0) is 17.7 Å². The first-order valence-corrected chi connectivity index (χ1v) is 8.78. The number of nitrogens with one attached hydrogen (secondary N) is 1. The number of hydrogen-bond acceptors (Lipinski definition) is 3. The van der Waals surface area contributed by atoms with Gasteiger partial charge in [0, 0.05) is 19.6 Å². The monoisotopic (exact) mass is 378 g/mol. The van der Waals surface area contributed by atoms with Gasteiger partial charge in [-0.1, -0.05) is 42.5 Å². The Morgan fingerprint density at radius 3 is 2.33 bits per heavy atom. The quantitative estimate of drug-likeness (QED) is 0.866. The third kappa shape index (κ3) is 4.87. The van der Waals surface area contributed by atoms with Crippen molar-refractivity contribution in [2.45, 2.75) is 12.2 Å². The van der Waals surface area contributed by atoms with E-state index in [0.717, 1.165) is 11.6 Å². The van der Waals surface area contributed by atoms with Crippen molar-refractivity contribution in [2.75, 3.05) is 32.8 Å². The maximum atomic E-state index is 13.2. The van der Waals surface area contributed by atoms with Crippen molar-refractivity contribution in [3.8, 4) is 0 Å². The summed E-state index contributed by atoms with van der Waals surface area (Å²) in [6.07, 6.45) is -4.57. The van der Waals surface area contributed by atoms with Gasteiger partial charge in [-0.3, -0.25) is 9.69 Å². The van der Waals surface area contributed by atoms with Gasteiger partial charge in [0.05, 0.1) is 30.4 Å². The first-order valence-electron chi connectivity index (χ1n) is 8.78. The van der Waals surface area contributed by atoms with E-state index < -0.39 is 17.6 Å². The molecule has 0 bridgehead atoms. The van der Waals surface area contributed by atoms with Crippen LogP contribution in [0.15, 0.2) is 54.6 Å². The van der Waals surface area contributed by atoms with Gasteiger partial charge in [0.1, 0.15) is 0 Å². The lowest BCUT2D eigenvalue weighted by molar-refractivity contribution is -0.137. The van der Waals surface area contributed by atoms with Crippen LogP contribution in [0.5, 0.6) is 0 Å². The molecule has 1 heterocycles. The van der Waals surface area contributed by atoms with E-state index in [1.165, 1.54) is 18.2 Å².